The van der Waals surface area contributed by atoms with Gasteiger partial charge < -0.3 is 10.8 Å². The Labute approximate surface area is 82.9 Å². The molecule has 1 rings (SSSR count). The van der Waals surface area contributed by atoms with E-state index in [1.807, 2.05) is 13.8 Å². The number of primary amides is 1. The Morgan fingerprint density at radius 3 is 2.29 bits per heavy atom. The summed E-state index contributed by atoms with van der Waals surface area (Å²) in [7, 11) is 0. The molecule has 3 nitrogen and oxygen atoms in total. The molecule has 0 aliphatic carbocycles. The lowest BCUT2D eigenvalue weighted by molar-refractivity contribution is -0.113. The van der Waals surface area contributed by atoms with Crippen LogP contribution in [-0.2, 0) is 4.79 Å². The van der Waals surface area contributed by atoms with Crippen molar-refractivity contribution in [3.63, 3.8) is 0 Å². The molecule has 0 spiro atoms. The van der Waals surface area contributed by atoms with Crippen molar-refractivity contribution in [3.8, 4) is 5.75 Å². The second kappa shape index (κ2) is 3.96. The maximum Gasteiger partial charge on any atom is 0.241 e. The number of amides is 1. The quantitative estimate of drug-likeness (QED) is 0.696. The number of hydrogen-bond acceptors (Lipinski definition) is 2. The van der Waals surface area contributed by atoms with E-state index in [1.54, 1.807) is 18.2 Å². The standard InChI is InChI=1S/C11H13NO2/c1-7-5-9(13)6-8(2)10(7)3-4-11(12)14/h3-6,13H,1-2H3,(H2,12,14). The third-order valence-electron chi connectivity index (χ3n) is 1.99. The molecule has 3 heteroatoms. The Kier molecular flexibility index (Phi) is 2.92. The van der Waals surface area contributed by atoms with Crippen molar-refractivity contribution < 1.29 is 9.90 Å². The Morgan fingerprint density at radius 1 is 1.36 bits per heavy atom. The molecule has 0 radical (unpaired) electrons. The number of phenolic OH excluding ortho intramolecular Hbond substituents is 1. The van der Waals surface area contributed by atoms with E-state index in [0.29, 0.717) is 0 Å². The molecule has 0 aliphatic heterocycles. The summed E-state index contributed by atoms with van der Waals surface area (Å²) >= 11 is 0. The van der Waals surface area contributed by atoms with Gasteiger partial charge in [-0.3, -0.25) is 4.79 Å². The van der Waals surface area contributed by atoms with Crippen LogP contribution in [0.15, 0.2) is 18.2 Å². The van der Waals surface area contributed by atoms with Crippen molar-refractivity contribution in [2.45, 2.75) is 13.8 Å². The zero-order valence-electron chi connectivity index (χ0n) is 8.24. The fraction of sp³-hybridized carbons (Fsp3) is 0.182. The highest BCUT2D eigenvalue weighted by Gasteiger charge is 2.01. The second-order valence-electron chi connectivity index (χ2n) is 3.23. The largest absolute Gasteiger partial charge is 0.508 e. The lowest BCUT2D eigenvalue weighted by Gasteiger charge is -2.05. The topological polar surface area (TPSA) is 63.3 Å². The molecule has 1 aromatic rings. The lowest BCUT2D eigenvalue weighted by atomic mass is 10.0. The van der Waals surface area contributed by atoms with Gasteiger partial charge in [-0.2, -0.15) is 0 Å². The van der Waals surface area contributed by atoms with Crippen molar-refractivity contribution >= 4 is 12.0 Å². The number of aryl methyl sites for hydroxylation is 2. The summed E-state index contributed by atoms with van der Waals surface area (Å²) in [5.74, 6) is -0.242. The molecule has 14 heavy (non-hydrogen) atoms. The van der Waals surface area contributed by atoms with E-state index in [2.05, 4.69) is 0 Å². The van der Waals surface area contributed by atoms with Gasteiger partial charge in [0.05, 0.1) is 0 Å². The van der Waals surface area contributed by atoms with Crippen LogP contribution in [0.2, 0.25) is 0 Å². The van der Waals surface area contributed by atoms with E-state index in [1.165, 1.54) is 6.08 Å². The SMILES string of the molecule is Cc1cc(O)cc(C)c1C=CC(N)=O. The van der Waals surface area contributed by atoms with E-state index in [4.69, 9.17) is 5.73 Å². The Hall–Kier alpha value is -1.77. The van der Waals surface area contributed by atoms with Crippen LogP contribution in [-0.4, -0.2) is 11.0 Å². The average molecular weight is 191 g/mol. The number of benzene rings is 1. The summed E-state index contributed by atoms with van der Waals surface area (Å²) in [5, 5.41) is 9.28. The summed E-state index contributed by atoms with van der Waals surface area (Å²) in [5.41, 5.74) is 7.75. The molecule has 0 saturated carbocycles. The lowest BCUT2D eigenvalue weighted by Crippen LogP contribution is -2.05. The van der Waals surface area contributed by atoms with Gasteiger partial charge in [0, 0.05) is 6.08 Å². The predicted octanol–water partition coefficient (Wildman–Crippen LogP) is 1.51. The van der Waals surface area contributed by atoms with E-state index in [0.717, 1.165) is 16.7 Å². The van der Waals surface area contributed by atoms with Crippen LogP contribution in [0, 0.1) is 13.8 Å². The van der Waals surface area contributed by atoms with Gasteiger partial charge in [-0.25, -0.2) is 0 Å². The van der Waals surface area contributed by atoms with E-state index >= 15 is 0 Å². The summed E-state index contributed by atoms with van der Waals surface area (Å²) in [4.78, 5) is 10.5. The van der Waals surface area contributed by atoms with Crippen LogP contribution in [0.5, 0.6) is 5.75 Å². The van der Waals surface area contributed by atoms with Crippen LogP contribution < -0.4 is 5.73 Å². The van der Waals surface area contributed by atoms with Crippen LogP contribution in [0.3, 0.4) is 0 Å². The fourth-order valence-electron chi connectivity index (χ4n) is 1.38. The summed E-state index contributed by atoms with van der Waals surface area (Å²) < 4.78 is 0. The van der Waals surface area contributed by atoms with Gasteiger partial charge in [0.15, 0.2) is 0 Å². The van der Waals surface area contributed by atoms with Crippen molar-refractivity contribution in [1.82, 2.24) is 0 Å². The zero-order chi connectivity index (χ0) is 10.7. The molecule has 0 aromatic heterocycles. The molecule has 0 heterocycles. The Bertz CT molecular complexity index is 371. The minimum atomic E-state index is -0.475. The monoisotopic (exact) mass is 191 g/mol. The highest BCUT2D eigenvalue weighted by molar-refractivity contribution is 5.90. The van der Waals surface area contributed by atoms with E-state index in [9.17, 15) is 9.90 Å². The fourth-order valence-corrected chi connectivity index (χ4v) is 1.38. The molecule has 0 atom stereocenters. The van der Waals surface area contributed by atoms with E-state index < -0.39 is 5.91 Å². The number of phenols is 1. The summed E-state index contributed by atoms with van der Waals surface area (Å²) in [6.45, 7) is 3.74. The molecular formula is C11H13NO2. The van der Waals surface area contributed by atoms with Gasteiger partial charge in [-0.05, 0) is 48.7 Å². The Morgan fingerprint density at radius 2 is 1.86 bits per heavy atom. The zero-order valence-corrected chi connectivity index (χ0v) is 8.24. The van der Waals surface area contributed by atoms with Crippen molar-refractivity contribution in [1.29, 1.82) is 0 Å². The third kappa shape index (κ3) is 2.36. The number of nitrogens with two attached hydrogens (primary N) is 1. The molecular weight excluding hydrogens is 178 g/mol. The molecule has 3 N–H and O–H groups in total. The highest BCUT2D eigenvalue weighted by Crippen LogP contribution is 2.21. The maximum atomic E-state index is 10.5. The van der Waals surface area contributed by atoms with Gasteiger partial charge in [0.25, 0.3) is 0 Å². The van der Waals surface area contributed by atoms with Gasteiger partial charge in [0.2, 0.25) is 5.91 Å². The molecule has 0 aliphatic rings. The first kappa shape index (κ1) is 10.3. The number of rotatable bonds is 2. The van der Waals surface area contributed by atoms with Crippen molar-refractivity contribution in [3.05, 3.63) is 34.9 Å². The molecule has 74 valence electrons. The molecule has 0 fully saturated rings. The molecule has 1 amide bonds. The smallest absolute Gasteiger partial charge is 0.241 e. The number of aromatic hydroxyl groups is 1. The predicted molar refractivity (Wildman–Crippen MR) is 55.8 cm³/mol. The highest BCUT2D eigenvalue weighted by atomic mass is 16.3. The van der Waals surface area contributed by atoms with Crippen LogP contribution in [0.25, 0.3) is 6.08 Å². The number of carbonyl (C=O) groups excluding carboxylic acids is 1. The first-order chi connectivity index (χ1) is 6.50. The third-order valence-corrected chi connectivity index (χ3v) is 1.99. The van der Waals surface area contributed by atoms with Crippen LogP contribution in [0.1, 0.15) is 16.7 Å². The Balaban J connectivity index is 3.15. The molecule has 0 unspecified atom stereocenters. The minimum Gasteiger partial charge on any atom is -0.508 e. The summed E-state index contributed by atoms with van der Waals surface area (Å²) in [6.07, 6.45) is 2.97. The van der Waals surface area contributed by atoms with Gasteiger partial charge in [-0.1, -0.05) is 0 Å². The average Bonchev–Trinajstić information content (AvgIpc) is 2.01. The normalized spacial score (nSPS) is 10.7. The van der Waals surface area contributed by atoms with Crippen molar-refractivity contribution in [2.24, 2.45) is 5.73 Å². The van der Waals surface area contributed by atoms with E-state index in [-0.39, 0.29) is 5.75 Å². The van der Waals surface area contributed by atoms with Gasteiger partial charge in [0.1, 0.15) is 5.75 Å². The second-order valence-corrected chi connectivity index (χ2v) is 3.23. The molecule has 1 aromatic carbocycles. The molecule has 0 bridgehead atoms. The summed E-state index contributed by atoms with van der Waals surface area (Å²) in [6, 6.07) is 3.29. The number of hydrogen-bond donors (Lipinski definition) is 2. The number of carbonyl (C=O) groups is 1. The first-order valence-corrected chi connectivity index (χ1v) is 4.28. The first-order valence-electron chi connectivity index (χ1n) is 4.28. The van der Waals surface area contributed by atoms with Crippen LogP contribution in [0.4, 0.5) is 0 Å². The maximum absolute atomic E-state index is 10.5. The van der Waals surface area contributed by atoms with Crippen molar-refractivity contribution in [2.75, 3.05) is 0 Å². The van der Waals surface area contributed by atoms with Gasteiger partial charge in [-0.15, -0.1) is 0 Å². The molecule has 0 saturated heterocycles. The van der Waals surface area contributed by atoms with Gasteiger partial charge >= 0.3 is 0 Å². The minimum absolute atomic E-state index is 0.233. The van der Waals surface area contributed by atoms with Crippen LogP contribution >= 0.6 is 0 Å².